The van der Waals surface area contributed by atoms with Gasteiger partial charge in [-0.3, -0.25) is 15.0 Å². The number of hydrazine groups is 1. The zero-order chi connectivity index (χ0) is 16.4. The Kier molecular flexibility index (Phi) is 4.31. The van der Waals surface area contributed by atoms with E-state index in [2.05, 4.69) is 5.43 Å². The van der Waals surface area contributed by atoms with E-state index in [9.17, 15) is 9.59 Å². The maximum atomic E-state index is 12.4. The molecule has 1 aliphatic rings. The predicted octanol–water partition coefficient (Wildman–Crippen LogP) is 2.57. The van der Waals surface area contributed by atoms with Crippen LogP contribution in [0.3, 0.4) is 0 Å². The molecule has 1 fully saturated rings. The third kappa shape index (κ3) is 3.20. The molecule has 23 heavy (non-hydrogen) atoms. The molecule has 5 nitrogen and oxygen atoms in total. The molecule has 2 heterocycles. The van der Waals surface area contributed by atoms with E-state index in [1.807, 2.05) is 36.0 Å². The van der Waals surface area contributed by atoms with E-state index in [1.165, 1.54) is 11.8 Å². The molecule has 7 heteroatoms. The number of thioether (sulfide) groups is 1. The number of aromatic nitrogens is 1. The number of rotatable bonds is 3. The van der Waals surface area contributed by atoms with E-state index < -0.39 is 0 Å². The molecule has 2 amide bonds. The van der Waals surface area contributed by atoms with Gasteiger partial charge in [0, 0.05) is 24.5 Å². The summed E-state index contributed by atoms with van der Waals surface area (Å²) < 4.78 is 2.20. The number of hydrogen-bond donors (Lipinski definition) is 1. The van der Waals surface area contributed by atoms with Crippen molar-refractivity contribution < 1.29 is 9.59 Å². The second kappa shape index (κ2) is 6.39. The Bertz CT molecular complexity index is 812. The number of hydrogen-bond acceptors (Lipinski definition) is 4. The molecule has 2 aromatic rings. The van der Waals surface area contributed by atoms with Crippen molar-refractivity contribution in [1.29, 1.82) is 0 Å². The first-order chi connectivity index (χ1) is 11.1. The molecule has 1 N–H and O–H groups in total. The lowest BCUT2D eigenvalue weighted by atomic mass is 10.2. The van der Waals surface area contributed by atoms with Gasteiger partial charge < -0.3 is 4.57 Å². The number of nitrogens with zero attached hydrogens (tertiary/aromatic N) is 2. The van der Waals surface area contributed by atoms with Crippen LogP contribution in [0.4, 0.5) is 0 Å². The van der Waals surface area contributed by atoms with Gasteiger partial charge in [0.1, 0.15) is 0 Å². The van der Waals surface area contributed by atoms with E-state index >= 15 is 0 Å². The van der Waals surface area contributed by atoms with E-state index in [1.54, 1.807) is 30.3 Å². The van der Waals surface area contributed by atoms with Gasteiger partial charge in [-0.15, -0.1) is 0 Å². The Hall–Kier alpha value is -2.38. The van der Waals surface area contributed by atoms with Crippen LogP contribution >= 0.6 is 24.0 Å². The van der Waals surface area contributed by atoms with Crippen molar-refractivity contribution in [3.8, 4) is 0 Å². The standard InChI is InChI=1S/C16H13N3O2S2/c1-18-9-5-8-12(18)10-13-15(21)19(16(22)23-13)17-14(20)11-6-3-2-4-7-11/h2-10H,1H3,(H,17,20). The lowest BCUT2D eigenvalue weighted by Gasteiger charge is -2.15. The average Bonchev–Trinajstić information content (AvgIpc) is 3.07. The number of carbonyl (C=O) groups excluding carboxylic acids is 2. The van der Waals surface area contributed by atoms with Crippen molar-refractivity contribution in [3.63, 3.8) is 0 Å². The van der Waals surface area contributed by atoms with Crippen LogP contribution in [-0.4, -0.2) is 25.7 Å². The van der Waals surface area contributed by atoms with Gasteiger partial charge >= 0.3 is 0 Å². The number of carbonyl (C=O) groups is 2. The van der Waals surface area contributed by atoms with Gasteiger partial charge in [0.15, 0.2) is 4.32 Å². The largest absolute Gasteiger partial charge is 0.351 e. The summed E-state index contributed by atoms with van der Waals surface area (Å²) in [5.74, 6) is -0.701. The average molecular weight is 343 g/mol. The maximum absolute atomic E-state index is 12.4. The Balaban J connectivity index is 1.78. The highest BCUT2D eigenvalue weighted by molar-refractivity contribution is 8.26. The fourth-order valence-electron chi connectivity index (χ4n) is 2.08. The van der Waals surface area contributed by atoms with E-state index in [0.717, 1.165) is 10.7 Å². The number of amides is 2. The second-order valence-corrected chi connectivity index (χ2v) is 6.54. The lowest BCUT2D eigenvalue weighted by molar-refractivity contribution is -0.123. The Morgan fingerprint density at radius 3 is 2.61 bits per heavy atom. The lowest BCUT2D eigenvalue weighted by Crippen LogP contribution is -2.44. The number of benzene rings is 1. The molecule has 0 bridgehead atoms. The molecule has 3 rings (SSSR count). The fourth-order valence-corrected chi connectivity index (χ4v) is 3.24. The van der Waals surface area contributed by atoms with Gasteiger partial charge in [0.2, 0.25) is 0 Å². The third-order valence-corrected chi connectivity index (χ3v) is 4.61. The van der Waals surface area contributed by atoms with Crippen LogP contribution in [0.1, 0.15) is 16.1 Å². The zero-order valence-electron chi connectivity index (χ0n) is 12.2. The normalized spacial score (nSPS) is 16.2. The molecular formula is C16H13N3O2S2. The molecule has 1 aliphatic heterocycles. The summed E-state index contributed by atoms with van der Waals surface area (Å²) in [6.45, 7) is 0. The molecule has 1 aromatic carbocycles. The molecule has 1 aromatic heterocycles. The van der Waals surface area contributed by atoms with Gasteiger partial charge in [0.05, 0.1) is 4.91 Å². The first-order valence-electron chi connectivity index (χ1n) is 6.81. The predicted molar refractivity (Wildman–Crippen MR) is 94.3 cm³/mol. The molecule has 0 unspecified atom stereocenters. The van der Waals surface area contributed by atoms with Crippen LogP contribution in [-0.2, 0) is 11.8 Å². The van der Waals surface area contributed by atoms with Crippen molar-refractivity contribution >= 4 is 46.2 Å². The summed E-state index contributed by atoms with van der Waals surface area (Å²) in [5, 5.41) is 1.12. The first-order valence-corrected chi connectivity index (χ1v) is 8.04. The summed E-state index contributed by atoms with van der Waals surface area (Å²) >= 11 is 6.36. The summed E-state index contributed by atoms with van der Waals surface area (Å²) in [6.07, 6.45) is 3.65. The van der Waals surface area contributed by atoms with E-state index in [-0.39, 0.29) is 11.8 Å². The summed E-state index contributed by atoms with van der Waals surface area (Å²) in [7, 11) is 1.89. The van der Waals surface area contributed by atoms with Crippen molar-refractivity contribution in [3.05, 3.63) is 64.8 Å². The molecule has 0 spiro atoms. The molecule has 0 atom stereocenters. The molecular weight excluding hydrogens is 330 g/mol. The van der Waals surface area contributed by atoms with Gasteiger partial charge in [-0.1, -0.05) is 30.0 Å². The maximum Gasteiger partial charge on any atom is 0.285 e. The van der Waals surface area contributed by atoms with Crippen LogP contribution in [0.25, 0.3) is 6.08 Å². The molecule has 0 radical (unpaired) electrons. The number of nitrogens with one attached hydrogen (secondary N) is 1. The van der Waals surface area contributed by atoms with Crippen LogP contribution < -0.4 is 5.43 Å². The van der Waals surface area contributed by atoms with Gasteiger partial charge in [0.25, 0.3) is 11.8 Å². The zero-order valence-corrected chi connectivity index (χ0v) is 13.9. The summed E-state index contributed by atoms with van der Waals surface area (Å²) in [5.41, 5.74) is 3.91. The van der Waals surface area contributed by atoms with Crippen LogP contribution in [0.5, 0.6) is 0 Å². The SMILES string of the molecule is Cn1cccc1C=C1SC(=S)N(NC(=O)c2ccccc2)C1=O. The monoisotopic (exact) mass is 343 g/mol. The number of aryl methyl sites for hydroxylation is 1. The smallest absolute Gasteiger partial charge is 0.285 e. The van der Waals surface area contributed by atoms with Gasteiger partial charge in [-0.05, 0) is 42.6 Å². The highest BCUT2D eigenvalue weighted by atomic mass is 32.2. The summed E-state index contributed by atoms with van der Waals surface area (Å²) in [6, 6.07) is 12.5. The molecule has 1 saturated heterocycles. The molecule has 0 aliphatic carbocycles. The number of thiocarbonyl (C=S) groups is 1. The minimum absolute atomic E-state index is 0.305. The second-order valence-electron chi connectivity index (χ2n) is 4.87. The minimum Gasteiger partial charge on any atom is -0.351 e. The van der Waals surface area contributed by atoms with Crippen molar-refractivity contribution in [2.75, 3.05) is 0 Å². The van der Waals surface area contributed by atoms with Gasteiger partial charge in [-0.2, -0.15) is 5.01 Å². The topological polar surface area (TPSA) is 54.3 Å². The van der Waals surface area contributed by atoms with Crippen molar-refractivity contribution in [1.82, 2.24) is 15.0 Å². The summed E-state index contributed by atoms with van der Waals surface area (Å²) in [4.78, 5) is 25.1. The van der Waals surface area contributed by atoms with E-state index in [4.69, 9.17) is 12.2 Å². The van der Waals surface area contributed by atoms with Crippen LogP contribution in [0.15, 0.2) is 53.6 Å². The van der Waals surface area contributed by atoms with Crippen molar-refractivity contribution in [2.24, 2.45) is 7.05 Å². The van der Waals surface area contributed by atoms with Crippen LogP contribution in [0, 0.1) is 0 Å². The van der Waals surface area contributed by atoms with E-state index in [0.29, 0.717) is 14.8 Å². The highest BCUT2D eigenvalue weighted by Gasteiger charge is 2.33. The molecule has 116 valence electrons. The first kappa shape index (κ1) is 15.5. The Morgan fingerprint density at radius 2 is 1.96 bits per heavy atom. The van der Waals surface area contributed by atoms with Crippen molar-refractivity contribution in [2.45, 2.75) is 0 Å². The fraction of sp³-hybridized carbons (Fsp3) is 0.0625. The van der Waals surface area contributed by atoms with Crippen LogP contribution in [0.2, 0.25) is 0 Å². The Labute approximate surface area is 142 Å². The van der Waals surface area contributed by atoms with Gasteiger partial charge in [-0.25, -0.2) is 0 Å². The molecule has 0 saturated carbocycles. The third-order valence-electron chi connectivity index (χ3n) is 3.31. The quantitative estimate of drug-likeness (QED) is 0.687. The minimum atomic E-state index is -0.373. The Morgan fingerprint density at radius 1 is 1.22 bits per heavy atom. The highest BCUT2D eigenvalue weighted by Crippen LogP contribution is 2.31.